The number of halogens is 6. The van der Waals surface area contributed by atoms with Gasteiger partial charge in [-0.15, -0.1) is 0 Å². The summed E-state index contributed by atoms with van der Waals surface area (Å²) in [4.78, 5) is 4.70. The Labute approximate surface area is 277 Å². The molecule has 0 bridgehead atoms. The number of pyridine rings is 1. The van der Waals surface area contributed by atoms with Gasteiger partial charge in [0.2, 0.25) is 0 Å². The molecule has 0 saturated carbocycles. The van der Waals surface area contributed by atoms with Gasteiger partial charge in [-0.3, -0.25) is 4.57 Å². The molecule has 3 aromatic heterocycles. The molecule has 0 spiro atoms. The van der Waals surface area contributed by atoms with Crippen molar-refractivity contribution in [3.05, 3.63) is 132 Å². The van der Waals surface area contributed by atoms with E-state index in [1.165, 1.54) is 4.68 Å². The minimum Gasteiger partial charge on any atom is -0.457 e. The van der Waals surface area contributed by atoms with Crippen LogP contribution in [0.3, 0.4) is 0 Å². The molecule has 11 heteroatoms. The summed E-state index contributed by atoms with van der Waals surface area (Å²) in [6.45, 7) is 6.43. The van der Waals surface area contributed by atoms with Crippen LogP contribution in [0, 0.1) is 0 Å². The standard InChI is InChI=1S/C38H28F6N4O/c1-36(2,3)24-16-17-45-34(18-24)48-32-13-5-4-10-28(32)29-15-14-27(20-33(29)48)49-26-9-6-8-25(19-26)47-22-23(21-46-47)35-30(37(39,40)41)11-7-12-31(35)38(42,43)44/h4-22H,1-3H3. The van der Waals surface area contributed by atoms with Crippen molar-refractivity contribution in [3.8, 4) is 34.1 Å². The first-order valence-electron chi connectivity index (χ1n) is 15.3. The molecule has 0 N–H and O–H groups in total. The molecule has 7 aromatic rings. The Bertz CT molecular complexity index is 2310. The van der Waals surface area contributed by atoms with E-state index in [1.807, 2.05) is 42.5 Å². The molecule has 248 valence electrons. The molecule has 0 fully saturated rings. The predicted octanol–water partition coefficient (Wildman–Crippen LogP) is 11.2. The van der Waals surface area contributed by atoms with Crippen LogP contribution in [-0.2, 0) is 17.8 Å². The van der Waals surface area contributed by atoms with Gasteiger partial charge in [0.1, 0.15) is 17.3 Å². The minimum atomic E-state index is -5.01. The van der Waals surface area contributed by atoms with Crippen LogP contribution in [-0.4, -0.2) is 19.3 Å². The van der Waals surface area contributed by atoms with Gasteiger partial charge in [0, 0.05) is 46.4 Å². The van der Waals surface area contributed by atoms with Crippen LogP contribution in [0.15, 0.2) is 116 Å². The van der Waals surface area contributed by atoms with Crippen molar-refractivity contribution in [2.45, 2.75) is 38.5 Å². The van der Waals surface area contributed by atoms with Crippen molar-refractivity contribution in [2.75, 3.05) is 0 Å². The average Bonchev–Trinajstić information content (AvgIpc) is 3.67. The second kappa shape index (κ2) is 11.5. The van der Waals surface area contributed by atoms with E-state index in [4.69, 9.17) is 9.72 Å². The van der Waals surface area contributed by atoms with E-state index >= 15 is 0 Å². The Morgan fingerprint density at radius 1 is 0.653 bits per heavy atom. The zero-order valence-corrected chi connectivity index (χ0v) is 26.4. The molecule has 0 unspecified atom stereocenters. The van der Waals surface area contributed by atoms with E-state index in [2.05, 4.69) is 42.6 Å². The van der Waals surface area contributed by atoms with Gasteiger partial charge < -0.3 is 4.74 Å². The Morgan fingerprint density at radius 2 is 1.33 bits per heavy atom. The van der Waals surface area contributed by atoms with Gasteiger partial charge in [0.15, 0.2) is 0 Å². The Hall–Kier alpha value is -5.58. The number of rotatable bonds is 5. The fourth-order valence-corrected chi connectivity index (χ4v) is 6.02. The van der Waals surface area contributed by atoms with Crippen LogP contribution in [0.2, 0.25) is 0 Å². The number of aromatic nitrogens is 4. The number of nitrogens with zero attached hydrogens (tertiary/aromatic N) is 4. The molecule has 0 aliphatic heterocycles. The van der Waals surface area contributed by atoms with Gasteiger partial charge in [-0.2, -0.15) is 31.4 Å². The number of hydrogen-bond donors (Lipinski definition) is 0. The lowest BCUT2D eigenvalue weighted by molar-refractivity contribution is -0.142. The highest BCUT2D eigenvalue weighted by Crippen LogP contribution is 2.44. The molecule has 4 aromatic carbocycles. The monoisotopic (exact) mass is 670 g/mol. The molecule has 7 rings (SSSR count). The molecule has 3 heterocycles. The topological polar surface area (TPSA) is 44.9 Å². The van der Waals surface area contributed by atoms with Crippen molar-refractivity contribution in [1.82, 2.24) is 19.3 Å². The largest absolute Gasteiger partial charge is 0.457 e. The first kappa shape index (κ1) is 32.0. The summed E-state index contributed by atoms with van der Waals surface area (Å²) in [5.74, 6) is 1.65. The number of para-hydroxylation sites is 1. The highest BCUT2D eigenvalue weighted by atomic mass is 19.4. The fraction of sp³-hybridized carbons (Fsp3) is 0.158. The summed E-state index contributed by atoms with van der Waals surface area (Å²) >= 11 is 0. The zero-order valence-electron chi connectivity index (χ0n) is 26.4. The van der Waals surface area contributed by atoms with Gasteiger partial charge in [0.05, 0.1) is 34.0 Å². The maximum Gasteiger partial charge on any atom is 0.417 e. The van der Waals surface area contributed by atoms with Gasteiger partial charge in [0.25, 0.3) is 0 Å². The molecule has 5 nitrogen and oxygen atoms in total. The highest BCUT2D eigenvalue weighted by Gasteiger charge is 2.41. The molecule has 0 atom stereocenters. The Balaban J connectivity index is 1.26. The normalized spacial score (nSPS) is 12.6. The quantitative estimate of drug-likeness (QED) is 0.171. The summed E-state index contributed by atoms with van der Waals surface area (Å²) < 4.78 is 92.5. The predicted molar refractivity (Wildman–Crippen MR) is 176 cm³/mol. The molecule has 49 heavy (non-hydrogen) atoms. The lowest BCUT2D eigenvalue weighted by Crippen LogP contribution is -2.13. The van der Waals surface area contributed by atoms with Crippen molar-refractivity contribution < 1.29 is 31.1 Å². The first-order chi connectivity index (χ1) is 23.2. The number of benzene rings is 4. The van der Waals surface area contributed by atoms with Crippen molar-refractivity contribution in [2.24, 2.45) is 0 Å². The van der Waals surface area contributed by atoms with E-state index in [1.54, 1.807) is 30.5 Å². The molecule has 0 saturated heterocycles. The summed E-state index contributed by atoms with van der Waals surface area (Å²) in [6.07, 6.45) is -6.09. The highest BCUT2D eigenvalue weighted by molar-refractivity contribution is 6.09. The van der Waals surface area contributed by atoms with E-state index in [0.717, 1.165) is 51.6 Å². The molecule has 0 aliphatic rings. The molecule has 0 aliphatic carbocycles. The first-order valence-corrected chi connectivity index (χ1v) is 15.3. The third-order valence-corrected chi connectivity index (χ3v) is 8.35. The molecule has 0 radical (unpaired) electrons. The van der Waals surface area contributed by atoms with E-state index in [-0.39, 0.29) is 11.0 Å². The van der Waals surface area contributed by atoms with Crippen LogP contribution in [0.5, 0.6) is 11.5 Å². The smallest absolute Gasteiger partial charge is 0.417 e. The van der Waals surface area contributed by atoms with Crippen molar-refractivity contribution in [3.63, 3.8) is 0 Å². The zero-order chi connectivity index (χ0) is 34.7. The third-order valence-electron chi connectivity index (χ3n) is 8.35. The van der Waals surface area contributed by atoms with Gasteiger partial charge >= 0.3 is 12.4 Å². The van der Waals surface area contributed by atoms with Crippen molar-refractivity contribution >= 4 is 21.8 Å². The maximum absolute atomic E-state index is 13.8. The third kappa shape index (κ3) is 6.01. The molecule has 0 amide bonds. The second-order valence-corrected chi connectivity index (χ2v) is 12.7. The summed E-state index contributed by atoms with van der Waals surface area (Å²) in [6, 6.07) is 26.4. The number of ether oxygens (including phenoxy) is 1. The number of fused-ring (bicyclic) bond motifs is 3. The van der Waals surface area contributed by atoms with Crippen LogP contribution < -0.4 is 4.74 Å². The summed E-state index contributed by atoms with van der Waals surface area (Å²) in [5.41, 5.74) is -0.834. The lowest BCUT2D eigenvalue weighted by atomic mass is 9.88. The lowest BCUT2D eigenvalue weighted by Gasteiger charge is -2.20. The van der Waals surface area contributed by atoms with Gasteiger partial charge in [-0.25, -0.2) is 9.67 Å². The van der Waals surface area contributed by atoms with Crippen LogP contribution in [0.4, 0.5) is 26.3 Å². The Morgan fingerprint density at radius 3 is 2.04 bits per heavy atom. The molecular weight excluding hydrogens is 642 g/mol. The number of alkyl halides is 6. The fourth-order valence-electron chi connectivity index (χ4n) is 6.02. The van der Waals surface area contributed by atoms with E-state index in [9.17, 15) is 26.3 Å². The summed E-state index contributed by atoms with van der Waals surface area (Å²) in [5, 5.41) is 6.15. The van der Waals surface area contributed by atoms with Gasteiger partial charge in [-0.1, -0.05) is 51.1 Å². The van der Waals surface area contributed by atoms with E-state index in [0.29, 0.717) is 29.3 Å². The Kier molecular flexibility index (Phi) is 7.53. The average molecular weight is 671 g/mol. The van der Waals surface area contributed by atoms with Crippen LogP contribution >= 0.6 is 0 Å². The van der Waals surface area contributed by atoms with E-state index < -0.39 is 29.0 Å². The second-order valence-electron chi connectivity index (χ2n) is 12.7. The SMILES string of the molecule is CC(C)(C)c1ccnc(-n2c3ccccc3c3ccc(Oc4cccc(-n5cc(-c6c(C(F)(F)F)cccc6C(F)(F)F)cn5)c4)cc32)c1. The maximum atomic E-state index is 13.8. The van der Waals surface area contributed by atoms with Crippen LogP contribution in [0.25, 0.3) is 44.4 Å². The van der Waals surface area contributed by atoms with Crippen LogP contribution in [0.1, 0.15) is 37.5 Å². The minimum absolute atomic E-state index is 0.0899. The number of hydrogen-bond acceptors (Lipinski definition) is 3. The van der Waals surface area contributed by atoms with Gasteiger partial charge in [-0.05, 0) is 65.6 Å². The summed E-state index contributed by atoms with van der Waals surface area (Å²) in [7, 11) is 0. The molecular formula is C38H28F6N4O. The van der Waals surface area contributed by atoms with Crippen molar-refractivity contribution in [1.29, 1.82) is 0 Å².